The summed E-state index contributed by atoms with van der Waals surface area (Å²) >= 11 is -0.106. The normalized spacial score (nSPS) is 13.6. The molecule has 2 nitrogen and oxygen atoms in total. The molecule has 2 aromatic rings. The second-order valence-corrected chi connectivity index (χ2v) is 10.5. The zero-order valence-electron chi connectivity index (χ0n) is 14.4. The molecule has 0 amide bonds. The van der Waals surface area contributed by atoms with Crippen LogP contribution in [0.3, 0.4) is 0 Å². The van der Waals surface area contributed by atoms with Crippen molar-refractivity contribution in [1.82, 2.24) is 0 Å². The Morgan fingerprint density at radius 2 is 1.30 bits per heavy atom. The molecule has 0 saturated heterocycles. The van der Waals surface area contributed by atoms with Crippen LogP contribution in [-0.4, -0.2) is 12.6 Å². The van der Waals surface area contributed by atoms with E-state index in [1.807, 2.05) is 0 Å². The molecule has 0 aliphatic rings. The SMILES string of the molecule is CC(=O)OCCc1ccc([I+]c2ccc(C)cc2)cc1.F[P-](F)(F)(F)(F)F. The number of benzene rings is 2. The molecule has 10 heteroatoms. The van der Waals surface area contributed by atoms with Crippen LogP contribution in [-0.2, 0) is 16.0 Å². The summed E-state index contributed by atoms with van der Waals surface area (Å²) in [5.41, 5.74) is 2.52. The van der Waals surface area contributed by atoms with Crippen molar-refractivity contribution in [3.8, 4) is 0 Å². The first-order valence-electron chi connectivity index (χ1n) is 7.59. The van der Waals surface area contributed by atoms with Crippen molar-refractivity contribution in [2.24, 2.45) is 0 Å². The summed E-state index contributed by atoms with van der Waals surface area (Å²) in [6, 6.07) is 17.4. The minimum atomic E-state index is -10.7. The van der Waals surface area contributed by atoms with Crippen LogP contribution in [0.5, 0.6) is 0 Å². The van der Waals surface area contributed by atoms with Crippen LogP contribution in [0, 0.1) is 14.1 Å². The van der Waals surface area contributed by atoms with Gasteiger partial charge in [0.25, 0.3) is 0 Å². The fourth-order valence-electron chi connectivity index (χ4n) is 1.75. The standard InChI is InChI=1S/C17H18IO2.F6P/c1-13-3-7-16(8-4-13)18-17-9-5-15(6-10-17)11-12-20-14(2)19;1-7(2,3,4,5)6/h3-10H,11-12H2,1-2H3;/q+1;-1. The van der Waals surface area contributed by atoms with E-state index in [0.717, 1.165) is 6.42 Å². The van der Waals surface area contributed by atoms with Gasteiger partial charge in [-0.2, -0.15) is 0 Å². The van der Waals surface area contributed by atoms with Crippen molar-refractivity contribution in [3.05, 3.63) is 66.8 Å². The topological polar surface area (TPSA) is 26.3 Å². The van der Waals surface area contributed by atoms with Crippen molar-refractivity contribution in [1.29, 1.82) is 0 Å². The van der Waals surface area contributed by atoms with Gasteiger partial charge >= 0.3 is 60.2 Å². The van der Waals surface area contributed by atoms with E-state index in [2.05, 4.69) is 55.5 Å². The predicted octanol–water partition coefficient (Wildman–Crippen LogP) is 3.61. The molecule has 0 heterocycles. The Balaban J connectivity index is 0.000000445. The molecule has 27 heavy (non-hydrogen) atoms. The molecular formula is C17H18F6IO2P. The molecule has 0 aliphatic heterocycles. The van der Waals surface area contributed by atoms with Crippen LogP contribution in [0.4, 0.5) is 25.2 Å². The second-order valence-electron chi connectivity index (χ2n) is 5.56. The van der Waals surface area contributed by atoms with E-state index in [-0.39, 0.29) is 27.2 Å². The Morgan fingerprint density at radius 1 is 0.889 bits per heavy atom. The molecule has 0 radical (unpaired) electrons. The Bertz CT molecular complexity index is 747. The Labute approximate surface area is 163 Å². The molecule has 0 N–H and O–H groups in total. The summed E-state index contributed by atoms with van der Waals surface area (Å²) in [5.74, 6) is -0.216. The third-order valence-corrected chi connectivity index (χ3v) is 5.52. The average Bonchev–Trinajstić information content (AvgIpc) is 2.48. The minimum absolute atomic E-state index is 0.106. The van der Waals surface area contributed by atoms with Crippen LogP contribution >= 0.6 is 7.81 Å². The van der Waals surface area contributed by atoms with Gasteiger partial charge in [0, 0.05) is 13.3 Å². The zero-order valence-corrected chi connectivity index (χ0v) is 17.5. The Morgan fingerprint density at radius 3 is 1.70 bits per heavy atom. The number of ether oxygens (including phenoxy) is 1. The van der Waals surface area contributed by atoms with Gasteiger partial charge in [0.2, 0.25) is 0 Å². The molecule has 0 spiro atoms. The quantitative estimate of drug-likeness (QED) is 0.258. The first-order valence-corrected chi connectivity index (χ1v) is 11.8. The van der Waals surface area contributed by atoms with Gasteiger partial charge in [-0.25, -0.2) is 0 Å². The summed E-state index contributed by atoms with van der Waals surface area (Å²) < 4.78 is 67.0. The van der Waals surface area contributed by atoms with Crippen molar-refractivity contribution < 1.29 is 55.9 Å². The van der Waals surface area contributed by atoms with E-state index in [9.17, 15) is 30.0 Å². The molecule has 0 saturated carbocycles. The summed E-state index contributed by atoms with van der Waals surface area (Å²) in [5, 5.41) is 0. The monoisotopic (exact) mass is 526 g/mol. The van der Waals surface area contributed by atoms with Crippen LogP contribution < -0.4 is 21.2 Å². The van der Waals surface area contributed by atoms with Crippen LogP contribution in [0.2, 0.25) is 0 Å². The van der Waals surface area contributed by atoms with E-state index in [4.69, 9.17) is 4.74 Å². The molecule has 0 fully saturated rings. The van der Waals surface area contributed by atoms with Gasteiger partial charge in [0.1, 0.15) is 0 Å². The van der Waals surface area contributed by atoms with E-state index < -0.39 is 7.81 Å². The van der Waals surface area contributed by atoms with Gasteiger partial charge in [-0.3, -0.25) is 4.79 Å². The van der Waals surface area contributed by atoms with Crippen LogP contribution in [0.25, 0.3) is 0 Å². The molecule has 2 rings (SSSR count). The third kappa shape index (κ3) is 15.4. The van der Waals surface area contributed by atoms with Crippen LogP contribution in [0.15, 0.2) is 48.5 Å². The molecule has 0 bridgehead atoms. The maximum absolute atomic E-state index is 10.7. The van der Waals surface area contributed by atoms with Crippen molar-refractivity contribution in [2.75, 3.05) is 6.61 Å². The summed E-state index contributed by atoms with van der Waals surface area (Å²) in [6.07, 6.45) is 0.780. The molecule has 0 atom stereocenters. The first-order chi connectivity index (χ1) is 12.1. The van der Waals surface area contributed by atoms with E-state index in [1.165, 1.54) is 25.2 Å². The van der Waals surface area contributed by atoms with Gasteiger partial charge in [-0.15, -0.1) is 0 Å². The average molecular weight is 526 g/mol. The Kier molecular flexibility index (Phi) is 7.32. The predicted molar refractivity (Wildman–Crippen MR) is 88.9 cm³/mol. The summed E-state index contributed by atoms with van der Waals surface area (Å²) in [4.78, 5) is 10.7. The fraction of sp³-hybridized carbons (Fsp3) is 0.235. The second kappa shape index (κ2) is 8.34. The number of hydrogen-bond acceptors (Lipinski definition) is 2. The van der Waals surface area contributed by atoms with Gasteiger partial charge in [0.05, 0.1) is 6.61 Å². The van der Waals surface area contributed by atoms with Gasteiger partial charge in [-0.05, 0) is 36.8 Å². The number of rotatable bonds is 5. The number of carbonyl (C=O) groups excluding carboxylic acids is 1. The molecular weight excluding hydrogens is 508 g/mol. The maximum atomic E-state index is 10.7. The van der Waals surface area contributed by atoms with Gasteiger partial charge < -0.3 is 4.74 Å². The molecule has 0 unspecified atom stereocenters. The zero-order chi connectivity index (χ0) is 20.8. The summed E-state index contributed by atoms with van der Waals surface area (Å²) in [7, 11) is -10.7. The molecule has 152 valence electrons. The first kappa shape index (κ1) is 23.7. The number of aryl methyl sites for hydroxylation is 1. The van der Waals surface area contributed by atoms with E-state index >= 15 is 0 Å². The third-order valence-electron chi connectivity index (χ3n) is 2.84. The molecule has 0 aromatic heterocycles. The van der Waals surface area contributed by atoms with E-state index in [0.29, 0.717) is 6.61 Å². The van der Waals surface area contributed by atoms with Crippen molar-refractivity contribution >= 4 is 13.8 Å². The van der Waals surface area contributed by atoms with E-state index in [1.54, 1.807) is 0 Å². The van der Waals surface area contributed by atoms with Gasteiger partial charge in [0.15, 0.2) is 7.14 Å². The molecule has 0 aliphatic carbocycles. The van der Waals surface area contributed by atoms with Gasteiger partial charge in [-0.1, -0.05) is 29.8 Å². The summed E-state index contributed by atoms with van der Waals surface area (Å²) in [6.45, 7) is 4.01. The van der Waals surface area contributed by atoms with Crippen molar-refractivity contribution in [2.45, 2.75) is 20.3 Å². The van der Waals surface area contributed by atoms with Crippen LogP contribution in [0.1, 0.15) is 18.1 Å². The number of hydrogen-bond donors (Lipinski definition) is 0. The number of halogens is 7. The fourth-order valence-corrected chi connectivity index (χ4v) is 3.91. The Hall–Kier alpha value is -1.35. The number of esters is 1. The number of carbonyl (C=O) groups is 1. The molecule has 2 aromatic carbocycles. The van der Waals surface area contributed by atoms with Crippen molar-refractivity contribution in [3.63, 3.8) is 0 Å².